The lowest BCUT2D eigenvalue weighted by atomic mass is 10.1. The van der Waals surface area contributed by atoms with E-state index in [1.807, 2.05) is 57.4 Å². The van der Waals surface area contributed by atoms with Crippen LogP contribution in [0.2, 0.25) is 0 Å². The van der Waals surface area contributed by atoms with Crippen LogP contribution in [0.25, 0.3) is 10.2 Å². The van der Waals surface area contributed by atoms with Crippen molar-refractivity contribution in [3.05, 3.63) is 53.1 Å². The molecule has 0 aliphatic rings. The molecule has 0 aliphatic carbocycles. The van der Waals surface area contributed by atoms with E-state index in [0.717, 1.165) is 27.6 Å². The van der Waals surface area contributed by atoms with Gasteiger partial charge in [-0.1, -0.05) is 11.3 Å². The van der Waals surface area contributed by atoms with Crippen molar-refractivity contribution in [2.45, 2.75) is 13.8 Å². The van der Waals surface area contributed by atoms with E-state index in [1.54, 1.807) is 16.2 Å². The van der Waals surface area contributed by atoms with Gasteiger partial charge >= 0.3 is 0 Å². The van der Waals surface area contributed by atoms with E-state index in [2.05, 4.69) is 30.9 Å². The summed E-state index contributed by atoms with van der Waals surface area (Å²) in [6, 6.07) is 12.0. The number of rotatable bonds is 6. The Hall–Kier alpha value is -2.44. The molecule has 6 heteroatoms. The van der Waals surface area contributed by atoms with Crippen LogP contribution in [0.1, 0.15) is 21.5 Å². The van der Waals surface area contributed by atoms with E-state index in [4.69, 9.17) is 4.98 Å². The number of nitrogens with zero attached hydrogens (tertiary/aromatic N) is 4. The van der Waals surface area contributed by atoms with E-state index >= 15 is 0 Å². The average Bonchev–Trinajstić information content (AvgIpc) is 3.04. The van der Waals surface area contributed by atoms with Crippen LogP contribution >= 0.6 is 11.3 Å². The molecule has 2 aromatic carbocycles. The number of thiazole rings is 1. The van der Waals surface area contributed by atoms with Gasteiger partial charge in [0.15, 0.2) is 5.13 Å². The summed E-state index contributed by atoms with van der Waals surface area (Å²) in [5.41, 5.74) is 5.16. The monoisotopic (exact) mass is 396 g/mol. The number of likely N-dealkylation sites (N-methyl/N-ethyl adjacent to an activating group) is 1. The molecule has 1 amide bonds. The molecule has 0 N–H and O–H groups in total. The Morgan fingerprint density at radius 1 is 0.964 bits per heavy atom. The van der Waals surface area contributed by atoms with Crippen molar-refractivity contribution in [3.63, 3.8) is 0 Å². The van der Waals surface area contributed by atoms with Crippen molar-refractivity contribution in [1.29, 1.82) is 0 Å². The average molecular weight is 397 g/mol. The summed E-state index contributed by atoms with van der Waals surface area (Å²) in [5.74, 6) is -0.0142. The first kappa shape index (κ1) is 20.3. The second-order valence-corrected chi connectivity index (χ2v) is 8.61. The minimum atomic E-state index is -0.0142. The normalized spacial score (nSPS) is 11.2. The van der Waals surface area contributed by atoms with E-state index < -0.39 is 0 Å². The number of benzene rings is 2. The van der Waals surface area contributed by atoms with Gasteiger partial charge in [-0.2, -0.15) is 0 Å². The van der Waals surface area contributed by atoms with Gasteiger partial charge in [-0.25, -0.2) is 4.98 Å². The van der Waals surface area contributed by atoms with Crippen LogP contribution < -0.4 is 9.80 Å². The van der Waals surface area contributed by atoms with Crippen LogP contribution in [0, 0.1) is 13.8 Å². The zero-order valence-electron chi connectivity index (χ0n) is 17.5. The minimum Gasteiger partial charge on any atom is -0.378 e. The predicted molar refractivity (Wildman–Crippen MR) is 120 cm³/mol. The van der Waals surface area contributed by atoms with Gasteiger partial charge in [-0.3, -0.25) is 9.69 Å². The second kappa shape index (κ2) is 8.29. The molecule has 1 aromatic heterocycles. The molecule has 0 aliphatic heterocycles. The Balaban J connectivity index is 1.97. The summed E-state index contributed by atoms with van der Waals surface area (Å²) in [7, 11) is 8.01. The van der Waals surface area contributed by atoms with Gasteiger partial charge in [0, 0.05) is 38.4 Å². The Morgan fingerprint density at radius 3 is 2.21 bits per heavy atom. The molecule has 0 radical (unpaired) electrons. The van der Waals surface area contributed by atoms with Crippen molar-refractivity contribution in [3.8, 4) is 0 Å². The lowest BCUT2D eigenvalue weighted by Gasteiger charge is -2.22. The number of amides is 1. The third kappa shape index (κ3) is 4.34. The minimum absolute atomic E-state index is 0.0142. The summed E-state index contributed by atoms with van der Waals surface area (Å²) in [5, 5.41) is 0.753. The van der Waals surface area contributed by atoms with Crippen LogP contribution in [0.5, 0.6) is 0 Å². The third-order valence-electron chi connectivity index (χ3n) is 4.87. The summed E-state index contributed by atoms with van der Waals surface area (Å²) in [6.07, 6.45) is 0. The fourth-order valence-corrected chi connectivity index (χ4v) is 4.00. The van der Waals surface area contributed by atoms with Gasteiger partial charge in [0.2, 0.25) is 0 Å². The Labute approximate surface area is 171 Å². The number of carbonyl (C=O) groups is 1. The molecule has 0 saturated heterocycles. The highest BCUT2D eigenvalue weighted by molar-refractivity contribution is 7.22. The Kier molecular flexibility index (Phi) is 6.01. The maximum atomic E-state index is 13.3. The smallest absolute Gasteiger partial charge is 0.260 e. The summed E-state index contributed by atoms with van der Waals surface area (Å²) >= 11 is 1.58. The maximum absolute atomic E-state index is 13.3. The maximum Gasteiger partial charge on any atom is 0.260 e. The number of aryl methyl sites for hydroxylation is 2. The first-order valence-corrected chi connectivity index (χ1v) is 10.2. The van der Waals surface area contributed by atoms with Crippen LogP contribution in [0.15, 0.2) is 36.4 Å². The molecule has 0 unspecified atom stereocenters. The first-order chi connectivity index (χ1) is 13.3. The second-order valence-electron chi connectivity index (χ2n) is 7.60. The molecule has 148 valence electrons. The molecule has 28 heavy (non-hydrogen) atoms. The van der Waals surface area contributed by atoms with Crippen LogP contribution in [-0.2, 0) is 0 Å². The SMILES string of the molecule is Cc1cc2nc(N(CCN(C)C)C(=O)c3ccc(N(C)C)cc3)sc2cc1C. The number of aromatic nitrogens is 1. The molecule has 0 spiro atoms. The molecule has 1 heterocycles. The Morgan fingerprint density at radius 2 is 1.61 bits per heavy atom. The molecule has 0 saturated carbocycles. The number of fused-ring (bicyclic) bond motifs is 1. The highest BCUT2D eigenvalue weighted by Crippen LogP contribution is 2.31. The molecule has 0 fully saturated rings. The van der Waals surface area contributed by atoms with Crippen molar-refractivity contribution < 1.29 is 4.79 Å². The van der Waals surface area contributed by atoms with Gasteiger partial charge in [-0.05, 0) is 75.5 Å². The number of hydrogen-bond acceptors (Lipinski definition) is 5. The van der Waals surface area contributed by atoms with Crippen molar-refractivity contribution in [2.75, 3.05) is 51.1 Å². The lowest BCUT2D eigenvalue weighted by Crippen LogP contribution is -2.36. The zero-order valence-corrected chi connectivity index (χ0v) is 18.3. The number of hydrogen-bond donors (Lipinski definition) is 0. The molecular formula is C22H28N4OS. The molecule has 5 nitrogen and oxygen atoms in total. The standard InChI is InChI=1S/C22H28N4OS/c1-15-13-19-20(14-16(15)2)28-22(23-19)26(12-11-24(3)4)21(27)17-7-9-18(10-8-17)25(5)6/h7-10,13-14H,11-12H2,1-6H3. The summed E-state index contributed by atoms with van der Waals surface area (Å²) in [6.45, 7) is 5.57. The van der Waals surface area contributed by atoms with Crippen LogP contribution in [-0.4, -0.2) is 57.1 Å². The van der Waals surface area contributed by atoms with Gasteiger partial charge in [0.05, 0.1) is 10.2 Å². The quantitative estimate of drug-likeness (QED) is 0.626. The summed E-state index contributed by atoms with van der Waals surface area (Å²) < 4.78 is 1.11. The molecular weight excluding hydrogens is 368 g/mol. The number of carbonyl (C=O) groups excluding carboxylic acids is 1. The van der Waals surface area contributed by atoms with Gasteiger partial charge in [0.1, 0.15) is 0 Å². The molecule has 0 atom stereocenters. The topological polar surface area (TPSA) is 39.7 Å². The fraction of sp³-hybridized carbons (Fsp3) is 0.364. The lowest BCUT2D eigenvalue weighted by molar-refractivity contribution is 0.0985. The predicted octanol–water partition coefficient (Wildman–Crippen LogP) is 4.19. The van der Waals surface area contributed by atoms with E-state index in [9.17, 15) is 4.79 Å². The molecule has 3 aromatic rings. The highest BCUT2D eigenvalue weighted by atomic mass is 32.1. The third-order valence-corrected chi connectivity index (χ3v) is 5.91. The van der Waals surface area contributed by atoms with E-state index in [0.29, 0.717) is 12.1 Å². The van der Waals surface area contributed by atoms with Gasteiger partial charge in [0.25, 0.3) is 5.91 Å². The first-order valence-electron chi connectivity index (χ1n) is 9.38. The van der Waals surface area contributed by atoms with Gasteiger partial charge < -0.3 is 9.80 Å². The van der Waals surface area contributed by atoms with Crippen molar-refractivity contribution in [2.24, 2.45) is 0 Å². The Bertz CT molecular complexity index is 937. The summed E-state index contributed by atoms with van der Waals surface area (Å²) in [4.78, 5) is 24.0. The molecule has 3 rings (SSSR count). The van der Waals surface area contributed by atoms with E-state index in [1.165, 1.54) is 11.1 Å². The largest absolute Gasteiger partial charge is 0.378 e. The number of anilines is 2. The van der Waals surface area contributed by atoms with Gasteiger partial charge in [-0.15, -0.1) is 0 Å². The van der Waals surface area contributed by atoms with Crippen LogP contribution in [0.4, 0.5) is 10.8 Å². The highest BCUT2D eigenvalue weighted by Gasteiger charge is 2.21. The molecule has 0 bridgehead atoms. The van der Waals surface area contributed by atoms with E-state index in [-0.39, 0.29) is 5.91 Å². The zero-order chi connectivity index (χ0) is 20.4. The van der Waals surface area contributed by atoms with Crippen LogP contribution in [0.3, 0.4) is 0 Å². The van der Waals surface area contributed by atoms with Crippen molar-refractivity contribution in [1.82, 2.24) is 9.88 Å². The fourth-order valence-electron chi connectivity index (χ4n) is 2.93. The van der Waals surface area contributed by atoms with Crippen molar-refractivity contribution >= 4 is 38.3 Å².